The number of amides is 1. The van der Waals surface area contributed by atoms with Crippen LogP contribution in [0.3, 0.4) is 0 Å². The van der Waals surface area contributed by atoms with Crippen LogP contribution >= 0.6 is 0 Å². The topological polar surface area (TPSA) is 71.1 Å². The van der Waals surface area contributed by atoms with Crippen LogP contribution in [0.4, 0.5) is 0 Å². The molecule has 0 spiro atoms. The molecule has 6 heteroatoms. The number of fused-ring (bicyclic) bond motifs is 1. The Labute approximate surface area is 116 Å². The van der Waals surface area contributed by atoms with Gasteiger partial charge in [-0.05, 0) is 18.6 Å². The summed E-state index contributed by atoms with van der Waals surface area (Å²) in [6.45, 7) is 2.20. The van der Waals surface area contributed by atoms with Crippen LogP contribution < -0.4 is 4.74 Å². The summed E-state index contributed by atoms with van der Waals surface area (Å²) in [6, 6.07) is 7.74. The van der Waals surface area contributed by atoms with E-state index in [1.54, 1.807) is 11.9 Å². The summed E-state index contributed by atoms with van der Waals surface area (Å²) in [5.74, 6) is 2.09. The van der Waals surface area contributed by atoms with Gasteiger partial charge in [-0.3, -0.25) is 9.89 Å². The number of H-pyrrole nitrogens is 1. The molecule has 0 radical (unpaired) electrons. The predicted octanol–water partition coefficient (Wildman–Crippen LogP) is 1.08. The Bertz CT molecular complexity index is 613. The molecule has 0 fully saturated rings. The number of aromatic nitrogens is 3. The van der Waals surface area contributed by atoms with Gasteiger partial charge in [-0.1, -0.05) is 18.2 Å². The van der Waals surface area contributed by atoms with Crippen molar-refractivity contribution in [3.8, 4) is 5.75 Å². The summed E-state index contributed by atoms with van der Waals surface area (Å²) < 4.78 is 5.69. The number of hydrogen-bond acceptors (Lipinski definition) is 4. The van der Waals surface area contributed by atoms with Gasteiger partial charge in [0.2, 0.25) is 0 Å². The standard InChI is InChI=1S/C14H16N4O2/c1-9-15-13(17-16-9)8-18(2)14(19)12-7-10-5-3-4-6-11(10)20-12/h3-6,12H,7-8H2,1-2H3,(H,15,16,17). The number of aryl methyl sites for hydroxylation is 1. The Morgan fingerprint density at radius 1 is 1.50 bits per heavy atom. The fraction of sp³-hybridized carbons (Fsp3) is 0.357. The molecule has 1 aliphatic rings. The van der Waals surface area contributed by atoms with Crippen molar-refractivity contribution in [2.75, 3.05) is 7.05 Å². The van der Waals surface area contributed by atoms with E-state index in [9.17, 15) is 4.79 Å². The maximum Gasteiger partial charge on any atom is 0.264 e. The van der Waals surface area contributed by atoms with E-state index in [4.69, 9.17) is 4.74 Å². The number of aromatic amines is 1. The molecule has 0 bridgehead atoms. The van der Waals surface area contributed by atoms with Crippen LogP contribution in [-0.2, 0) is 17.8 Å². The van der Waals surface area contributed by atoms with E-state index in [1.807, 2.05) is 31.2 Å². The number of para-hydroxylation sites is 1. The molecule has 1 atom stereocenters. The smallest absolute Gasteiger partial charge is 0.264 e. The molecule has 6 nitrogen and oxygen atoms in total. The molecule has 104 valence electrons. The molecule has 20 heavy (non-hydrogen) atoms. The molecule has 0 saturated heterocycles. The van der Waals surface area contributed by atoms with Crippen LogP contribution in [0, 0.1) is 6.92 Å². The lowest BCUT2D eigenvalue weighted by molar-refractivity contribution is -0.137. The molecule has 1 aromatic heterocycles. The van der Waals surface area contributed by atoms with Crippen molar-refractivity contribution in [1.82, 2.24) is 20.1 Å². The van der Waals surface area contributed by atoms with E-state index in [0.717, 1.165) is 17.1 Å². The highest BCUT2D eigenvalue weighted by Crippen LogP contribution is 2.28. The molecule has 1 N–H and O–H groups in total. The lowest BCUT2D eigenvalue weighted by atomic mass is 10.1. The number of carbonyl (C=O) groups is 1. The van der Waals surface area contributed by atoms with E-state index < -0.39 is 6.10 Å². The average Bonchev–Trinajstić information content (AvgIpc) is 3.03. The van der Waals surface area contributed by atoms with Crippen LogP contribution in [-0.4, -0.2) is 39.1 Å². The first-order valence-corrected chi connectivity index (χ1v) is 6.51. The van der Waals surface area contributed by atoms with Gasteiger partial charge in [0.15, 0.2) is 11.9 Å². The number of nitrogens with one attached hydrogen (secondary N) is 1. The second-order valence-corrected chi connectivity index (χ2v) is 4.95. The maximum atomic E-state index is 12.4. The van der Waals surface area contributed by atoms with Crippen molar-refractivity contribution in [3.63, 3.8) is 0 Å². The molecule has 1 amide bonds. The van der Waals surface area contributed by atoms with Gasteiger partial charge in [0.25, 0.3) is 5.91 Å². The Morgan fingerprint density at radius 2 is 2.30 bits per heavy atom. The van der Waals surface area contributed by atoms with Gasteiger partial charge in [-0.15, -0.1) is 0 Å². The van der Waals surface area contributed by atoms with Crippen LogP contribution in [0.15, 0.2) is 24.3 Å². The van der Waals surface area contributed by atoms with Gasteiger partial charge in [0.05, 0.1) is 6.54 Å². The monoisotopic (exact) mass is 272 g/mol. The van der Waals surface area contributed by atoms with Crippen molar-refractivity contribution in [3.05, 3.63) is 41.5 Å². The summed E-state index contributed by atoms with van der Waals surface area (Å²) in [5, 5.41) is 6.80. The number of ether oxygens (including phenoxy) is 1. The lowest BCUT2D eigenvalue weighted by Crippen LogP contribution is -2.38. The normalized spacial score (nSPS) is 16.6. The second-order valence-electron chi connectivity index (χ2n) is 4.95. The lowest BCUT2D eigenvalue weighted by Gasteiger charge is -2.19. The van der Waals surface area contributed by atoms with Crippen LogP contribution in [0.5, 0.6) is 5.75 Å². The summed E-state index contributed by atoms with van der Waals surface area (Å²) in [7, 11) is 1.74. The van der Waals surface area contributed by atoms with Gasteiger partial charge in [0.1, 0.15) is 11.6 Å². The maximum absolute atomic E-state index is 12.4. The first-order chi connectivity index (χ1) is 9.63. The Hall–Kier alpha value is -2.37. The number of benzene rings is 1. The van der Waals surface area contributed by atoms with E-state index in [1.165, 1.54) is 0 Å². The third-order valence-electron chi connectivity index (χ3n) is 3.32. The molecule has 3 rings (SSSR count). The molecular formula is C14H16N4O2. The minimum atomic E-state index is -0.447. The van der Waals surface area contributed by atoms with Crippen molar-refractivity contribution >= 4 is 5.91 Å². The summed E-state index contributed by atoms with van der Waals surface area (Å²) in [4.78, 5) is 18.2. The first-order valence-electron chi connectivity index (χ1n) is 6.51. The fourth-order valence-corrected chi connectivity index (χ4v) is 2.32. The van der Waals surface area contributed by atoms with Gasteiger partial charge < -0.3 is 9.64 Å². The quantitative estimate of drug-likeness (QED) is 0.907. The van der Waals surface area contributed by atoms with E-state index in [-0.39, 0.29) is 5.91 Å². The highest BCUT2D eigenvalue weighted by atomic mass is 16.5. The summed E-state index contributed by atoms with van der Waals surface area (Å²) in [5.41, 5.74) is 1.08. The molecule has 1 aliphatic heterocycles. The van der Waals surface area contributed by atoms with E-state index in [0.29, 0.717) is 18.8 Å². The van der Waals surface area contributed by atoms with Crippen molar-refractivity contribution in [2.24, 2.45) is 0 Å². The van der Waals surface area contributed by atoms with Crippen LogP contribution in [0.25, 0.3) is 0 Å². The summed E-state index contributed by atoms with van der Waals surface area (Å²) >= 11 is 0. The first kappa shape index (κ1) is 12.7. The number of carbonyl (C=O) groups excluding carboxylic acids is 1. The minimum absolute atomic E-state index is 0.0522. The molecular weight excluding hydrogens is 256 g/mol. The Kier molecular flexibility index (Phi) is 3.14. The molecule has 1 unspecified atom stereocenters. The number of rotatable bonds is 3. The van der Waals surface area contributed by atoms with Gasteiger partial charge in [-0.2, -0.15) is 5.10 Å². The van der Waals surface area contributed by atoms with E-state index in [2.05, 4.69) is 15.2 Å². The SMILES string of the molecule is Cc1nc(CN(C)C(=O)C2Cc3ccccc3O2)n[nH]1. The van der Waals surface area contributed by atoms with Crippen LogP contribution in [0.2, 0.25) is 0 Å². The molecule has 1 aromatic carbocycles. The largest absolute Gasteiger partial charge is 0.480 e. The molecule has 0 saturated carbocycles. The third kappa shape index (κ3) is 2.36. The van der Waals surface area contributed by atoms with Crippen molar-refractivity contribution < 1.29 is 9.53 Å². The van der Waals surface area contributed by atoms with Crippen molar-refractivity contribution in [1.29, 1.82) is 0 Å². The van der Waals surface area contributed by atoms with Gasteiger partial charge in [0, 0.05) is 13.5 Å². The van der Waals surface area contributed by atoms with Crippen molar-refractivity contribution in [2.45, 2.75) is 26.0 Å². The van der Waals surface area contributed by atoms with Gasteiger partial charge in [-0.25, -0.2) is 4.98 Å². The number of nitrogens with zero attached hydrogens (tertiary/aromatic N) is 3. The Morgan fingerprint density at radius 3 is 3.00 bits per heavy atom. The minimum Gasteiger partial charge on any atom is -0.480 e. The molecule has 0 aliphatic carbocycles. The highest BCUT2D eigenvalue weighted by Gasteiger charge is 2.31. The van der Waals surface area contributed by atoms with Crippen LogP contribution in [0.1, 0.15) is 17.2 Å². The average molecular weight is 272 g/mol. The molecule has 2 heterocycles. The van der Waals surface area contributed by atoms with E-state index >= 15 is 0 Å². The van der Waals surface area contributed by atoms with Gasteiger partial charge >= 0.3 is 0 Å². The summed E-state index contributed by atoms with van der Waals surface area (Å²) in [6.07, 6.45) is 0.171. The zero-order valence-electron chi connectivity index (χ0n) is 11.5. The Balaban J connectivity index is 1.65. The zero-order chi connectivity index (χ0) is 14.1. The highest BCUT2D eigenvalue weighted by molar-refractivity contribution is 5.82. The fourth-order valence-electron chi connectivity index (χ4n) is 2.32. The number of hydrogen-bond donors (Lipinski definition) is 1. The zero-order valence-corrected chi connectivity index (χ0v) is 11.5. The number of likely N-dealkylation sites (N-methyl/N-ethyl adjacent to an activating group) is 1. The second kappa shape index (κ2) is 4.96. The third-order valence-corrected chi connectivity index (χ3v) is 3.32. The predicted molar refractivity (Wildman–Crippen MR) is 72.2 cm³/mol. The molecule has 2 aromatic rings.